The van der Waals surface area contributed by atoms with E-state index in [-0.39, 0.29) is 12.3 Å². The van der Waals surface area contributed by atoms with Crippen LogP contribution in [0.1, 0.15) is 85.9 Å². The highest BCUT2D eigenvalue weighted by molar-refractivity contribution is 5.91. The van der Waals surface area contributed by atoms with Crippen LogP contribution in [0.25, 0.3) is 0 Å². The van der Waals surface area contributed by atoms with Crippen molar-refractivity contribution in [2.75, 3.05) is 19.5 Å². The minimum Gasteiger partial charge on any atom is -0.467 e. The van der Waals surface area contributed by atoms with Crippen LogP contribution in [0.4, 0.5) is 15.3 Å². The standard InChI is InChI=1S/C21H23NO6.C17H23NO6/c1-14(2)17(19(24)26-3)22-21(25)28-20(16-12-8-5-9-13-16)27-18(23)15-10-6-4-7-11-15;1-4-6-14(19)23-15(7-5-2)24-17(21)18-13-10-8-12(9-11-13)16(20)22-3/h4-14,17,20H,1-3H3,(H,22,25);8-11,15H,4-7H2,1-3H3,(H,18,21)/t17-,20?;/m0./s1. The van der Waals surface area contributed by atoms with Gasteiger partial charge in [0.25, 0.3) is 6.29 Å². The zero-order valence-electron chi connectivity index (χ0n) is 30.1. The van der Waals surface area contributed by atoms with Crippen molar-refractivity contribution in [3.05, 3.63) is 102 Å². The number of ether oxygens (including phenoxy) is 6. The van der Waals surface area contributed by atoms with E-state index in [9.17, 15) is 28.8 Å². The van der Waals surface area contributed by atoms with E-state index >= 15 is 0 Å². The largest absolute Gasteiger partial charge is 0.467 e. The molecular formula is C38H46N2O12. The number of nitrogens with one attached hydrogen (secondary N) is 2. The Morgan fingerprint density at radius 3 is 1.77 bits per heavy atom. The second kappa shape index (κ2) is 22.7. The maximum Gasteiger partial charge on any atom is 0.414 e. The summed E-state index contributed by atoms with van der Waals surface area (Å²) >= 11 is 0. The Morgan fingerprint density at radius 2 is 1.23 bits per heavy atom. The van der Waals surface area contributed by atoms with E-state index in [0.29, 0.717) is 41.6 Å². The van der Waals surface area contributed by atoms with Crippen LogP contribution >= 0.6 is 0 Å². The Morgan fingerprint density at radius 1 is 0.635 bits per heavy atom. The lowest BCUT2D eigenvalue weighted by Crippen LogP contribution is -2.45. The molecule has 0 radical (unpaired) electrons. The summed E-state index contributed by atoms with van der Waals surface area (Å²) in [6.45, 7) is 7.27. The summed E-state index contributed by atoms with van der Waals surface area (Å²) in [4.78, 5) is 71.3. The third kappa shape index (κ3) is 14.9. The minimum atomic E-state index is -1.28. The number of hydrogen-bond acceptors (Lipinski definition) is 12. The number of anilines is 1. The molecule has 3 atom stereocenters. The number of carbonyl (C=O) groups excluding carboxylic acids is 6. The van der Waals surface area contributed by atoms with Crippen LogP contribution in [0, 0.1) is 5.92 Å². The van der Waals surface area contributed by atoms with E-state index in [1.54, 1.807) is 86.6 Å². The fourth-order valence-corrected chi connectivity index (χ4v) is 4.25. The molecule has 0 saturated heterocycles. The van der Waals surface area contributed by atoms with Gasteiger partial charge in [0.05, 0.1) is 25.3 Å². The molecule has 0 aliphatic heterocycles. The predicted octanol–water partition coefficient (Wildman–Crippen LogP) is 6.96. The number of esters is 4. The Balaban J connectivity index is 0.000000365. The van der Waals surface area contributed by atoms with Gasteiger partial charge in [0, 0.05) is 24.1 Å². The number of hydrogen-bond donors (Lipinski definition) is 2. The quantitative estimate of drug-likeness (QED) is 0.0936. The first-order valence-electron chi connectivity index (χ1n) is 16.6. The maximum atomic E-state index is 12.4. The monoisotopic (exact) mass is 722 g/mol. The fourth-order valence-electron chi connectivity index (χ4n) is 4.25. The minimum absolute atomic E-state index is 0.220. The average molecular weight is 723 g/mol. The van der Waals surface area contributed by atoms with Gasteiger partial charge in [-0.1, -0.05) is 76.2 Å². The SMILES string of the molecule is CCCC(=O)OC(CCC)OC(=O)Nc1ccc(C(=O)OC)cc1.COC(=O)[C@@H](NC(=O)OC(OC(=O)c1ccccc1)c1ccccc1)C(C)C. The molecule has 14 nitrogen and oxygen atoms in total. The molecule has 0 aromatic heterocycles. The average Bonchev–Trinajstić information content (AvgIpc) is 3.14. The van der Waals surface area contributed by atoms with E-state index in [1.165, 1.54) is 26.4 Å². The van der Waals surface area contributed by atoms with Crippen molar-refractivity contribution in [2.45, 2.75) is 72.0 Å². The topological polar surface area (TPSA) is 182 Å². The lowest BCUT2D eigenvalue weighted by Gasteiger charge is -2.23. The number of alkyl carbamates (subject to hydrolysis) is 1. The van der Waals surface area contributed by atoms with Crippen molar-refractivity contribution in [1.29, 1.82) is 0 Å². The highest BCUT2D eigenvalue weighted by atomic mass is 16.7. The third-order valence-electron chi connectivity index (χ3n) is 6.94. The zero-order valence-corrected chi connectivity index (χ0v) is 30.1. The zero-order chi connectivity index (χ0) is 38.5. The molecule has 3 aromatic carbocycles. The molecule has 2 unspecified atom stereocenters. The lowest BCUT2D eigenvalue weighted by atomic mass is 10.1. The molecule has 14 heteroatoms. The first-order valence-corrected chi connectivity index (χ1v) is 16.6. The highest BCUT2D eigenvalue weighted by Gasteiger charge is 2.28. The molecule has 280 valence electrons. The Bertz CT molecular complexity index is 1580. The summed E-state index contributed by atoms with van der Waals surface area (Å²) in [6.07, 6.45) is -1.77. The van der Waals surface area contributed by atoms with Crippen molar-refractivity contribution in [3.8, 4) is 0 Å². The van der Waals surface area contributed by atoms with Gasteiger partial charge in [-0.3, -0.25) is 10.1 Å². The Hall–Kier alpha value is -5.92. The van der Waals surface area contributed by atoms with Crippen LogP contribution in [0.15, 0.2) is 84.9 Å². The molecule has 2 N–H and O–H groups in total. The van der Waals surface area contributed by atoms with E-state index in [2.05, 4.69) is 15.4 Å². The predicted molar refractivity (Wildman–Crippen MR) is 189 cm³/mol. The molecule has 3 aromatic rings. The molecule has 0 bridgehead atoms. The summed E-state index contributed by atoms with van der Waals surface area (Å²) in [5.74, 6) is -2.32. The molecule has 2 amide bonds. The van der Waals surface area contributed by atoms with Gasteiger partial charge in [-0.25, -0.2) is 24.0 Å². The number of benzene rings is 3. The second-order valence-corrected chi connectivity index (χ2v) is 11.4. The number of methoxy groups -OCH3 is 2. The summed E-state index contributed by atoms with van der Waals surface area (Å²) < 4.78 is 30.2. The van der Waals surface area contributed by atoms with E-state index in [0.717, 1.165) is 0 Å². The molecule has 0 heterocycles. The highest BCUT2D eigenvalue weighted by Crippen LogP contribution is 2.21. The lowest BCUT2D eigenvalue weighted by molar-refractivity contribution is -0.168. The van der Waals surface area contributed by atoms with Crippen molar-refractivity contribution in [2.24, 2.45) is 5.92 Å². The summed E-state index contributed by atoms with van der Waals surface area (Å²) in [6, 6.07) is 22.2. The van der Waals surface area contributed by atoms with Crippen molar-refractivity contribution in [1.82, 2.24) is 5.32 Å². The molecular weight excluding hydrogens is 676 g/mol. The molecule has 0 saturated carbocycles. The number of amides is 2. The smallest absolute Gasteiger partial charge is 0.414 e. The van der Waals surface area contributed by atoms with Crippen LogP contribution in [-0.2, 0) is 38.0 Å². The normalized spacial score (nSPS) is 12.0. The van der Waals surface area contributed by atoms with E-state index < -0.39 is 54.7 Å². The molecule has 0 fully saturated rings. The Labute approximate surface area is 303 Å². The first kappa shape index (κ1) is 42.2. The van der Waals surface area contributed by atoms with Crippen LogP contribution in [-0.4, -0.2) is 62.6 Å². The third-order valence-corrected chi connectivity index (χ3v) is 6.94. The molecule has 0 aliphatic carbocycles. The number of rotatable bonds is 15. The summed E-state index contributed by atoms with van der Waals surface area (Å²) in [5.41, 5.74) is 1.61. The Kier molecular flexibility index (Phi) is 18.5. The molecule has 3 rings (SSSR count). The van der Waals surface area contributed by atoms with Gasteiger partial charge in [0.1, 0.15) is 6.04 Å². The van der Waals surface area contributed by atoms with Gasteiger partial charge in [0.15, 0.2) is 0 Å². The second-order valence-electron chi connectivity index (χ2n) is 11.4. The van der Waals surface area contributed by atoms with Gasteiger partial charge in [-0.15, -0.1) is 0 Å². The molecule has 52 heavy (non-hydrogen) atoms. The number of carbonyl (C=O) groups is 6. The van der Waals surface area contributed by atoms with Gasteiger partial charge in [-0.05, 0) is 55.2 Å². The van der Waals surface area contributed by atoms with Crippen LogP contribution < -0.4 is 10.6 Å². The van der Waals surface area contributed by atoms with Crippen LogP contribution in [0.5, 0.6) is 0 Å². The van der Waals surface area contributed by atoms with Gasteiger partial charge in [-0.2, -0.15) is 0 Å². The molecule has 0 aliphatic rings. The first-order chi connectivity index (χ1) is 24.9. The summed E-state index contributed by atoms with van der Waals surface area (Å²) in [7, 11) is 2.53. The summed E-state index contributed by atoms with van der Waals surface area (Å²) in [5, 5.41) is 4.97. The fraction of sp³-hybridized carbons (Fsp3) is 0.368. The van der Waals surface area contributed by atoms with Crippen LogP contribution in [0.2, 0.25) is 0 Å². The van der Waals surface area contributed by atoms with Gasteiger partial charge >= 0.3 is 36.1 Å². The van der Waals surface area contributed by atoms with E-state index in [4.69, 9.17) is 23.7 Å². The van der Waals surface area contributed by atoms with Crippen molar-refractivity contribution >= 4 is 41.8 Å². The molecule has 0 spiro atoms. The van der Waals surface area contributed by atoms with Crippen LogP contribution in [0.3, 0.4) is 0 Å². The van der Waals surface area contributed by atoms with Gasteiger partial charge in [0.2, 0.25) is 6.29 Å². The van der Waals surface area contributed by atoms with Gasteiger partial charge < -0.3 is 33.7 Å². The van der Waals surface area contributed by atoms with Crippen molar-refractivity contribution < 1.29 is 57.2 Å². The van der Waals surface area contributed by atoms with E-state index in [1.807, 2.05) is 13.8 Å². The van der Waals surface area contributed by atoms with Crippen molar-refractivity contribution in [3.63, 3.8) is 0 Å². The maximum absolute atomic E-state index is 12.4.